The fourth-order valence-corrected chi connectivity index (χ4v) is 3.80. The highest BCUT2D eigenvalue weighted by atomic mass is 32.2. The maximum atomic E-state index is 11.6. The van der Waals surface area contributed by atoms with Crippen molar-refractivity contribution in [1.29, 1.82) is 0 Å². The van der Waals surface area contributed by atoms with Gasteiger partial charge in [0.1, 0.15) is 0 Å². The lowest BCUT2D eigenvalue weighted by atomic mass is 9.86. The predicted molar refractivity (Wildman–Crippen MR) is 79.3 cm³/mol. The van der Waals surface area contributed by atoms with E-state index in [1.165, 1.54) is 0 Å². The summed E-state index contributed by atoms with van der Waals surface area (Å²) in [7, 11) is -2.94. The Labute approximate surface area is 122 Å². The lowest BCUT2D eigenvalue weighted by Gasteiger charge is -2.30. The van der Waals surface area contributed by atoms with E-state index in [9.17, 15) is 13.2 Å². The van der Waals surface area contributed by atoms with Crippen LogP contribution in [0.15, 0.2) is 0 Å². The minimum Gasteiger partial charge on any atom is -0.466 e. The number of carbonyl (C=O) groups is 1. The summed E-state index contributed by atoms with van der Waals surface area (Å²) in [5, 5.41) is 3.37. The van der Waals surface area contributed by atoms with Gasteiger partial charge in [-0.15, -0.1) is 0 Å². The van der Waals surface area contributed by atoms with Gasteiger partial charge in [-0.1, -0.05) is 6.92 Å². The summed E-state index contributed by atoms with van der Waals surface area (Å²) in [5.74, 6) is 0.297. The van der Waals surface area contributed by atoms with E-state index in [2.05, 4.69) is 5.32 Å². The molecule has 20 heavy (non-hydrogen) atoms. The van der Waals surface area contributed by atoms with Gasteiger partial charge in [-0.25, -0.2) is 8.42 Å². The topological polar surface area (TPSA) is 72.5 Å². The Morgan fingerprint density at radius 3 is 2.35 bits per heavy atom. The third-order valence-electron chi connectivity index (χ3n) is 3.81. The molecule has 0 bridgehead atoms. The van der Waals surface area contributed by atoms with E-state index >= 15 is 0 Å². The van der Waals surface area contributed by atoms with Crippen molar-refractivity contribution in [1.82, 2.24) is 5.32 Å². The largest absolute Gasteiger partial charge is 0.466 e. The van der Waals surface area contributed by atoms with E-state index in [4.69, 9.17) is 4.74 Å². The van der Waals surface area contributed by atoms with Crippen molar-refractivity contribution in [3.8, 4) is 0 Å². The molecular formula is C14H27NO4S. The minimum atomic E-state index is -2.94. The average molecular weight is 305 g/mol. The highest BCUT2D eigenvalue weighted by molar-refractivity contribution is 7.91. The number of nitrogens with one attached hydrogen (secondary N) is 1. The SMILES string of the molecule is CCOC(=O)C1CCC(NC(C)CS(=O)(=O)CC)CC1. The van der Waals surface area contributed by atoms with Crippen LogP contribution in [0.25, 0.3) is 0 Å². The molecule has 1 saturated carbocycles. The summed E-state index contributed by atoms with van der Waals surface area (Å²) < 4.78 is 28.2. The Hall–Kier alpha value is -0.620. The first-order valence-electron chi connectivity index (χ1n) is 7.51. The molecule has 0 aromatic heterocycles. The Bertz CT molecular complexity index is 399. The van der Waals surface area contributed by atoms with E-state index in [-0.39, 0.29) is 29.4 Å². The number of ether oxygens (including phenoxy) is 1. The Morgan fingerprint density at radius 2 is 1.85 bits per heavy atom. The molecule has 0 aliphatic heterocycles. The lowest BCUT2D eigenvalue weighted by Crippen LogP contribution is -2.43. The van der Waals surface area contributed by atoms with Crippen molar-refractivity contribution in [2.45, 2.75) is 58.5 Å². The van der Waals surface area contributed by atoms with Crippen LogP contribution in [-0.2, 0) is 19.4 Å². The molecule has 0 spiro atoms. The molecule has 1 atom stereocenters. The molecule has 118 valence electrons. The third kappa shape index (κ3) is 5.79. The summed E-state index contributed by atoms with van der Waals surface area (Å²) in [6.45, 7) is 5.83. The van der Waals surface area contributed by atoms with Crippen molar-refractivity contribution in [2.24, 2.45) is 5.92 Å². The molecule has 0 heterocycles. The standard InChI is InChI=1S/C14H27NO4S/c1-4-19-14(16)12-6-8-13(9-7-12)15-11(3)10-20(17,18)5-2/h11-13,15H,4-10H2,1-3H3. The molecule has 6 heteroatoms. The van der Waals surface area contributed by atoms with E-state index in [1.807, 2.05) is 13.8 Å². The van der Waals surface area contributed by atoms with Crippen LogP contribution in [0.3, 0.4) is 0 Å². The van der Waals surface area contributed by atoms with Crippen LogP contribution in [0.4, 0.5) is 0 Å². The molecule has 5 nitrogen and oxygen atoms in total. The van der Waals surface area contributed by atoms with Crippen molar-refractivity contribution < 1.29 is 17.9 Å². The summed E-state index contributed by atoms with van der Waals surface area (Å²) in [6.07, 6.45) is 3.45. The van der Waals surface area contributed by atoms with Crippen molar-refractivity contribution in [2.75, 3.05) is 18.1 Å². The zero-order chi connectivity index (χ0) is 15.2. The highest BCUT2D eigenvalue weighted by Gasteiger charge is 2.28. The van der Waals surface area contributed by atoms with Gasteiger partial charge in [0.2, 0.25) is 0 Å². The maximum absolute atomic E-state index is 11.6. The average Bonchev–Trinajstić information content (AvgIpc) is 2.39. The quantitative estimate of drug-likeness (QED) is 0.722. The lowest BCUT2D eigenvalue weighted by molar-refractivity contribution is -0.149. The summed E-state index contributed by atoms with van der Waals surface area (Å²) in [6, 6.07) is 0.270. The highest BCUT2D eigenvalue weighted by Crippen LogP contribution is 2.25. The van der Waals surface area contributed by atoms with E-state index in [0.717, 1.165) is 25.7 Å². The molecular weight excluding hydrogens is 278 g/mol. The molecule has 1 unspecified atom stereocenters. The van der Waals surface area contributed by atoms with Gasteiger partial charge in [-0.05, 0) is 39.5 Å². The summed E-state index contributed by atoms with van der Waals surface area (Å²) >= 11 is 0. The Kier molecular flexibility index (Phi) is 6.95. The second-order valence-electron chi connectivity index (χ2n) is 5.57. The minimum absolute atomic E-state index is 0.0164. The number of hydrogen-bond acceptors (Lipinski definition) is 5. The van der Waals surface area contributed by atoms with Gasteiger partial charge in [0, 0.05) is 17.8 Å². The van der Waals surface area contributed by atoms with Gasteiger partial charge in [-0.2, -0.15) is 0 Å². The molecule has 1 rings (SSSR count). The van der Waals surface area contributed by atoms with Crippen LogP contribution in [0, 0.1) is 5.92 Å². The first-order chi connectivity index (χ1) is 9.38. The smallest absolute Gasteiger partial charge is 0.308 e. The van der Waals surface area contributed by atoms with Crippen LogP contribution < -0.4 is 5.32 Å². The van der Waals surface area contributed by atoms with Gasteiger partial charge >= 0.3 is 5.97 Å². The molecule has 1 fully saturated rings. The van der Waals surface area contributed by atoms with E-state index in [0.29, 0.717) is 12.6 Å². The molecule has 0 amide bonds. The Morgan fingerprint density at radius 1 is 1.25 bits per heavy atom. The predicted octanol–water partition coefficient (Wildman–Crippen LogP) is 1.52. The zero-order valence-corrected chi connectivity index (χ0v) is 13.5. The monoisotopic (exact) mass is 305 g/mol. The molecule has 0 aromatic carbocycles. The zero-order valence-electron chi connectivity index (χ0n) is 12.7. The second-order valence-corrected chi connectivity index (χ2v) is 7.97. The molecule has 1 aliphatic rings. The number of rotatable bonds is 7. The van der Waals surface area contributed by atoms with E-state index in [1.54, 1.807) is 6.92 Å². The van der Waals surface area contributed by atoms with Crippen molar-refractivity contribution in [3.05, 3.63) is 0 Å². The Balaban J connectivity index is 2.34. The first kappa shape index (κ1) is 17.4. The van der Waals surface area contributed by atoms with Crippen LogP contribution in [-0.4, -0.2) is 44.6 Å². The molecule has 0 aromatic rings. The van der Waals surface area contributed by atoms with Gasteiger partial charge in [-0.3, -0.25) is 4.79 Å². The van der Waals surface area contributed by atoms with Crippen LogP contribution in [0.1, 0.15) is 46.5 Å². The van der Waals surface area contributed by atoms with Gasteiger partial charge in [0.15, 0.2) is 9.84 Å². The van der Waals surface area contributed by atoms with Crippen LogP contribution in [0.2, 0.25) is 0 Å². The summed E-state index contributed by atoms with van der Waals surface area (Å²) in [5.41, 5.74) is 0. The fourth-order valence-electron chi connectivity index (χ4n) is 2.71. The molecule has 1 aliphatic carbocycles. The number of hydrogen-bond donors (Lipinski definition) is 1. The van der Waals surface area contributed by atoms with Crippen molar-refractivity contribution >= 4 is 15.8 Å². The number of carbonyl (C=O) groups excluding carboxylic acids is 1. The second kappa shape index (κ2) is 7.98. The van der Waals surface area contributed by atoms with Gasteiger partial charge < -0.3 is 10.1 Å². The molecule has 0 saturated heterocycles. The van der Waals surface area contributed by atoms with Crippen LogP contribution >= 0.6 is 0 Å². The molecule has 0 radical (unpaired) electrons. The van der Waals surface area contributed by atoms with Gasteiger partial charge in [0.25, 0.3) is 0 Å². The third-order valence-corrected chi connectivity index (χ3v) is 5.70. The van der Waals surface area contributed by atoms with Crippen LogP contribution in [0.5, 0.6) is 0 Å². The first-order valence-corrected chi connectivity index (χ1v) is 9.33. The maximum Gasteiger partial charge on any atom is 0.308 e. The molecule has 1 N–H and O–H groups in total. The summed E-state index contributed by atoms with van der Waals surface area (Å²) in [4.78, 5) is 11.6. The van der Waals surface area contributed by atoms with E-state index < -0.39 is 9.84 Å². The normalized spacial score (nSPS) is 25.1. The van der Waals surface area contributed by atoms with Crippen molar-refractivity contribution in [3.63, 3.8) is 0 Å². The number of esters is 1. The van der Waals surface area contributed by atoms with Gasteiger partial charge in [0.05, 0.1) is 18.3 Å². The number of sulfone groups is 1. The fraction of sp³-hybridized carbons (Fsp3) is 0.929.